The molecule has 0 bridgehead atoms. The third-order valence-corrected chi connectivity index (χ3v) is 2.99. The zero-order valence-electron chi connectivity index (χ0n) is 9.48. The van der Waals surface area contributed by atoms with Crippen molar-refractivity contribution in [1.29, 1.82) is 0 Å². The van der Waals surface area contributed by atoms with Gasteiger partial charge in [-0.3, -0.25) is 9.59 Å². The Morgan fingerprint density at radius 2 is 1.33 bits per heavy atom. The largest absolute Gasteiger partial charge is 0.508 e. The Hall–Kier alpha value is -2.50. The van der Waals surface area contributed by atoms with E-state index in [1.54, 1.807) is 24.3 Å². The van der Waals surface area contributed by atoms with Gasteiger partial charge in [0.2, 0.25) is 0 Å². The number of nitrogens with zero attached hydrogens (tertiary/aromatic N) is 3. The zero-order valence-corrected chi connectivity index (χ0v) is 9.48. The number of fused-ring (bicyclic) bond motifs is 1. The number of hydrogen-bond donors (Lipinski definition) is 1. The van der Waals surface area contributed by atoms with Crippen LogP contribution < -0.4 is 16.0 Å². The Kier molecular flexibility index (Phi) is 2.22. The number of phenols is 1. The summed E-state index contributed by atoms with van der Waals surface area (Å²) in [5.74, 6) is 0.185. The maximum absolute atomic E-state index is 11.6. The van der Waals surface area contributed by atoms with Gasteiger partial charge in [0.15, 0.2) is 0 Å². The van der Waals surface area contributed by atoms with Gasteiger partial charge in [0.25, 0.3) is 11.1 Å². The average Bonchev–Trinajstić information content (AvgIpc) is 2.81. The van der Waals surface area contributed by atoms with Crippen LogP contribution in [0.1, 0.15) is 0 Å². The van der Waals surface area contributed by atoms with Crippen molar-refractivity contribution < 1.29 is 5.11 Å². The van der Waals surface area contributed by atoms with Crippen LogP contribution in [0.4, 0.5) is 5.69 Å². The van der Waals surface area contributed by atoms with E-state index in [9.17, 15) is 14.7 Å². The number of benzene rings is 1. The fraction of sp³-hybridized carbons (Fsp3) is 0.167. The first kappa shape index (κ1) is 10.6. The number of hydrogen-bond acceptors (Lipinski definition) is 4. The number of aromatic nitrogens is 2. The molecule has 0 amide bonds. The van der Waals surface area contributed by atoms with E-state index in [4.69, 9.17) is 0 Å². The second-order valence-electron chi connectivity index (χ2n) is 4.15. The molecular weight excluding hydrogens is 234 g/mol. The Bertz CT molecular complexity index is 661. The first-order chi connectivity index (χ1) is 8.65. The van der Waals surface area contributed by atoms with Crippen LogP contribution in [-0.2, 0) is 13.3 Å². The van der Waals surface area contributed by atoms with Crippen molar-refractivity contribution in [3.63, 3.8) is 0 Å². The Balaban J connectivity index is 2.00. The molecule has 6 nitrogen and oxygen atoms in total. The normalized spacial score (nSPS) is 13.7. The molecule has 1 N–H and O–H groups in total. The highest BCUT2D eigenvalue weighted by molar-refractivity contribution is 5.48. The monoisotopic (exact) mass is 245 g/mol. The summed E-state index contributed by atoms with van der Waals surface area (Å²) in [5, 5.41) is 9.23. The van der Waals surface area contributed by atoms with E-state index in [0.717, 1.165) is 5.69 Å². The quantitative estimate of drug-likeness (QED) is 0.776. The van der Waals surface area contributed by atoms with Crippen LogP contribution in [0.5, 0.6) is 5.75 Å². The number of phenolic OH excluding ortho intramolecular Hbond substituents is 1. The van der Waals surface area contributed by atoms with E-state index in [2.05, 4.69) is 0 Å². The van der Waals surface area contributed by atoms with Gasteiger partial charge in [0.05, 0.1) is 0 Å². The second-order valence-corrected chi connectivity index (χ2v) is 4.15. The minimum atomic E-state index is -0.198. The fourth-order valence-electron chi connectivity index (χ4n) is 2.04. The predicted molar refractivity (Wildman–Crippen MR) is 65.5 cm³/mol. The summed E-state index contributed by atoms with van der Waals surface area (Å²) >= 11 is 0. The highest BCUT2D eigenvalue weighted by atomic mass is 16.3. The molecule has 3 rings (SSSR count). The number of aromatic hydroxyl groups is 1. The van der Waals surface area contributed by atoms with Gasteiger partial charge in [-0.2, -0.15) is 0 Å². The summed E-state index contributed by atoms with van der Waals surface area (Å²) in [6.07, 6.45) is 0. The van der Waals surface area contributed by atoms with Crippen LogP contribution in [0.2, 0.25) is 0 Å². The molecule has 1 aromatic carbocycles. The van der Waals surface area contributed by atoms with E-state index >= 15 is 0 Å². The highest BCUT2D eigenvalue weighted by Gasteiger charge is 2.19. The minimum absolute atomic E-state index is 0.185. The molecule has 0 saturated heterocycles. The van der Waals surface area contributed by atoms with Crippen LogP contribution in [0.25, 0.3) is 0 Å². The zero-order chi connectivity index (χ0) is 12.7. The van der Waals surface area contributed by atoms with E-state index in [0.29, 0.717) is 13.3 Å². The summed E-state index contributed by atoms with van der Waals surface area (Å²) in [5.41, 5.74) is 0.453. The van der Waals surface area contributed by atoms with Gasteiger partial charge in [-0.25, -0.2) is 9.36 Å². The molecule has 2 aromatic rings. The van der Waals surface area contributed by atoms with Crippen LogP contribution in [-0.4, -0.2) is 14.5 Å². The standard InChI is InChI=1S/C12H11N3O3/c16-10-3-1-9(2-4-10)13-7-14-11(17)5-6-12(18)15(14)8-13/h1-6,16H,7-8H2. The third kappa shape index (κ3) is 1.58. The van der Waals surface area contributed by atoms with Crippen molar-refractivity contribution in [2.24, 2.45) is 0 Å². The van der Waals surface area contributed by atoms with E-state index < -0.39 is 0 Å². The molecule has 1 aliphatic heterocycles. The van der Waals surface area contributed by atoms with Gasteiger partial charge in [-0.05, 0) is 24.3 Å². The van der Waals surface area contributed by atoms with Crippen LogP contribution in [0, 0.1) is 0 Å². The SMILES string of the molecule is O=c1ccc(=O)n2n1CN(c1ccc(O)cc1)C2. The molecular formula is C12H11N3O3. The van der Waals surface area contributed by atoms with Gasteiger partial charge in [0.1, 0.15) is 19.1 Å². The van der Waals surface area contributed by atoms with Crippen LogP contribution in [0.15, 0.2) is 46.0 Å². The molecule has 0 aliphatic carbocycles. The first-order valence-electron chi connectivity index (χ1n) is 5.50. The maximum atomic E-state index is 11.6. The van der Waals surface area contributed by atoms with Gasteiger partial charge < -0.3 is 10.0 Å². The molecule has 92 valence electrons. The number of anilines is 1. The van der Waals surface area contributed by atoms with Gasteiger partial charge in [-0.1, -0.05) is 0 Å². The third-order valence-electron chi connectivity index (χ3n) is 2.99. The summed E-state index contributed by atoms with van der Waals surface area (Å²) in [4.78, 5) is 25.1. The molecule has 0 unspecified atom stereocenters. The van der Waals surface area contributed by atoms with Gasteiger partial charge >= 0.3 is 0 Å². The van der Waals surface area contributed by atoms with Crippen LogP contribution >= 0.6 is 0 Å². The Morgan fingerprint density at radius 1 is 0.833 bits per heavy atom. The van der Waals surface area contributed by atoms with Crippen molar-refractivity contribution >= 4 is 5.69 Å². The molecule has 0 saturated carbocycles. The lowest BCUT2D eigenvalue weighted by atomic mass is 10.3. The molecule has 0 atom stereocenters. The molecule has 0 radical (unpaired) electrons. The summed E-state index contributed by atoms with van der Waals surface area (Å²) in [6, 6.07) is 9.20. The molecule has 18 heavy (non-hydrogen) atoms. The molecule has 1 aliphatic rings. The smallest absolute Gasteiger partial charge is 0.267 e. The molecule has 0 fully saturated rings. The van der Waals surface area contributed by atoms with Crippen LogP contribution in [0.3, 0.4) is 0 Å². The first-order valence-corrected chi connectivity index (χ1v) is 5.50. The predicted octanol–water partition coefficient (Wildman–Crippen LogP) is 0.151. The van der Waals surface area contributed by atoms with Gasteiger partial charge in [0, 0.05) is 17.8 Å². The molecule has 0 spiro atoms. The maximum Gasteiger partial charge on any atom is 0.267 e. The summed E-state index contributed by atoms with van der Waals surface area (Å²) in [7, 11) is 0. The lowest BCUT2D eigenvalue weighted by Gasteiger charge is -2.15. The average molecular weight is 245 g/mol. The molecule has 6 heteroatoms. The molecule has 2 heterocycles. The minimum Gasteiger partial charge on any atom is -0.508 e. The van der Waals surface area contributed by atoms with Crippen molar-refractivity contribution in [2.75, 3.05) is 4.90 Å². The van der Waals surface area contributed by atoms with Crippen molar-refractivity contribution in [1.82, 2.24) is 9.36 Å². The summed E-state index contributed by atoms with van der Waals surface area (Å²) in [6.45, 7) is 0.666. The van der Waals surface area contributed by atoms with E-state index in [-0.39, 0.29) is 16.9 Å². The van der Waals surface area contributed by atoms with Crippen molar-refractivity contribution in [2.45, 2.75) is 13.3 Å². The topological polar surface area (TPSA) is 67.5 Å². The fourth-order valence-corrected chi connectivity index (χ4v) is 2.04. The second kappa shape index (κ2) is 3.76. The Morgan fingerprint density at radius 3 is 1.83 bits per heavy atom. The van der Waals surface area contributed by atoms with Gasteiger partial charge in [-0.15, -0.1) is 0 Å². The van der Waals surface area contributed by atoms with Crippen molar-refractivity contribution in [3.05, 3.63) is 57.1 Å². The highest BCUT2D eigenvalue weighted by Crippen LogP contribution is 2.20. The number of rotatable bonds is 1. The lowest BCUT2D eigenvalue weighted by molar-refractivity contribution is 0.475. The Labute approximate surface area is 102 Å². The van der Waals surface area contributed by atoms with Crippen molar-refractivity contribution in [3.8, 4) is 5.75 Å². The summed E-state index contributed by atoms with van der Waals surface area (Å²) < 4.78 is 2.80. The molecule has 1 aromatic heterocycles. The van der Waals surface area contributed by atoms with E-state index in [1.165, 1.54) is 21.5 Å². The van der Waals surface area contributed by atoms with E-state index in [1.807, 2.05) is 4.90 Å². The lowest BCUT2D eigenvalue weighted by Crippen LogP contribution is -2.32.